The van der Waals surface area contributed by atoms with Crippen LogP contribution in [0.15, 0.2) is 59.5 Å². The van der Waals surface area contributed by atoms with Crippen molar-refractivity contribution in [1.82, 2.24) is 15.1 Å². The van der Waals surface area contributed by atoms with E-state index in [0.29, 0.717) is 17.8 Å². The van der Waals surface area contributed by atoms with Gasteiger partial charge in [-0.25, -0.2) is 18.2 Å². The van der Waals surface area contributed by atoms with Crippen molar-refractivity contribution in [3.63, 3.8) is 0 Å². The molecule has 0 unspecified atom stereocenters. The molecule has 1 aromatic heterocycles. The van der Waals surface area contributed by atoms with Crippen LogP contribution in [-0.4, -0.2) is 24.1 Å². The number of hydrogen-bond acceptors (Lipinski definition) is 4. The van der Waals surface area contributed by atoms with Gasteiger partial charge in [0, 0.05) is 6.54 Å². The van der Waals surface area contributed by atoms with E-state index in [4.69, 9.17) is 16.7 Å². The average molecular weight is 419 g/mol. The highest BCUT2D eigenvalue weighted by atomic mass is 35.5. The Kier molecular flexibility index (Phi) is 5.83. The van der Waals surface area contributed by atoms with Gasteiger partial charge >= 0.3 is 0 Å². The number of carbonyl (C=O) groups excluding carboxylic acids is 1. The Morgan fingerprint density at radius 2 is 1.75 bits per heavy atom. The maximum absolute atomic E-state index is 12.6. The zero-order valence-electron chi connectivity index (χ0n) is 15.1. The van der Waals surface area contributed by atoms with Gasteiger partial charge in [0.25, 0.3) is 5.91 Å². The Hall–Kier alpha value is -2.68. The number of nitrogens with zero attached hydrogens (tertiary/aromatic N) is 2. The first kappa shape index (κ1) is 20.1. The predicted octanol–water partition coefficient (Wildman–Crippen LogP) is 2.47. The summed E-state index contributed by atoms with van der Waals surface area (Å²) in [6.07, 6.45) is 0. The number of aromatic nitrogens is 2. The quantitative estimate of drug-likeness (QED) is 0.641. The number of rotatable bonds is 6. The molecule has 0 fully saturated rings. The van der Waals surface area contributed by atoms with Gasteiger partial charge in [-0.3, -0.25) is 4.79 Å². The molecule has 28 heavy (non-hydrogen) atoms. The number of hydrogen-bond donors (Lipinski definition) is 2. The van der Waals surface area contributed by atoms with E-state index in [1.165, 1.54) is 12.1 Å². The van der Waals surface area contributed by atoms with E-state index >= 15 is 0 Å². The van der Waals surface area contributed by atoms with Crippen molar-refractivity contribution in [3.8, 4) is 0 Å². The molecule has 2 aromatic carbocycles. The highest BCUT2D eigenvalue weighted by molar-refractivity contribution is 7.89. The Bertz CT molecular complexity index is 1090. The van der Waals surface area contributed by atoms with Crippen molar-refractivity contribution < 1.29 is 13.2 Å². The van der Waals surface area contributed by atoms with Gasteiger partial charge in [0.15, 0.2) is 0 Å². The lowest BCUT2D eigenvalue weighted by Gasteiger charge is -2.07. The first-order valence-electron chi connectivity index (χ1n) is 8.42. The molecule has 0 aliphatic carbocycles. The van der Waals surface area contributed by atoms with Gasteiger partial charge in [-0.15, -0.1) is 0 Å². The maximum Gasteiger partial charge on any atom is 0.256 e. The first-order chi connectivity index (χ1) is 13.3. The fourth-order valence-corrected chi connectivity index (χ4v) is 3.58. The molecule has 3 aromatic rings. The van der Waals surface area contributed by atoms with Gasteiger partial charge in [-0.2, -0.15) is 5.10 Å². The zero-order valence-corrected chi connectivity index (χ0v) is 16.7. The minimum absolute atomic E-state index is 0.0173. The molecule has 9 heteroatoms. The van der Waals surface area contributed by atoms with E-state index in [2.05, 4.69) is 10.4 Å². The number of primary sulfonamides is 1. The number of benzene rings is 2. The lowest BCUT2D eigenvalue weighted by atomic mass is 10.2. The Labute approximate surface area is 168 Å². The largest absolute Gasteiger partial charge is 0.348 e. The molecule has 0 saturated heterocycles. The molecule has 0 saturated carbocycles. The fourth-order valence-electron chi connectivity index (χ4n) is 2.74. The predicted molar refractivity (Wildman–Crippen MR) is 107 cm³/mol. The van der Waals surface area contributed by atoms with Gasteiger partial charge in [0.1, 0.15) is 5.15 Å². The third-order valence-corrected chi connectivity index (χ3v) is 5.49. The van der Waals surface area contributed by atoms with Crippen molar-refractivity contribution in [2.45, 2.75) is 24.9 Å². The molecular formula is C19H19ClN4O3S. The monoisotopic (exact) mass is 418 g/mol. The summed E-state index contributed by atoms with van der Waals surface area (Å²) < 4.78 is 24.2. The summed E-state index contributed by atoms with van der Waals surface area (Å²) in [5.41, 5.74) is 2.60. The van der Waals surface area contributed by atoms with Crippen LogP contribution in [0.3, 0.4) is 0 Å². The minimum atomic E-state index is -3.74. The number of halogens is 1. The topological polar surface area (TPSA) is 107 Å². The molecule has 0 atom stereocenters. The Morgan fingerprint density at radius 1 is 1.11 bits per heavy atom. The summed E-state index contributed by atoms with van der Waals surface area (Å²) in [7, 11) is -3.74. The summed E-state index contributed by atoms with van der Waals surface area (Å²) in [4.78, 5) is 12.6. The molecular weight excluding hydrogens is 400 g/mol. The third-order valence-electron chi connectivity index (χ3n) is 4.17. The fraction of sp³-hybridized carbons (Fsp3) is 0.158. The van der Waals surface area contributed by atoms with Crippen molar-refractivity contribution >= 4 is 27.5 Å². The van der Waals surface area contributed by atoms with Gasteiger partial charge in [-0.05, 0) is 30.2 Å². The molecule has 146 valence electrons. The van der Waals surface area contributed by atoms with E-state index in [1.54, 1.807) is 23.7 Å². The lowest BCUT2D eigenvalue weighted by molar-refractivity contribution is 0.0950. The molecule has 7 nitrogen and oxygen atoms in total. The van der Waals surface area contributed by atoms with E-state index in [9.17, 15) is 13.2 Å². The molecule has 0 radical (unpaired) electrons. The zero-order chi connectivity index (χ0) is 20.3. The smallest absolute Gasteiger partial charge is 0.256 e. The van der Waals surface area contributed by atoms with Crippen LogP contribution >= 0.6 is 11.6 Å². The lowest BCUT2D eigenvalue weighted by Crippen LogP contribution is -2.23. The molecule has 0 aliphatic rings. The van der Waals surface area contributed by atoms with Crippen LogP contribution in [-0.2, 0) is 23.1 Å². The van der Waals surface area contributed by atoms with E-state index in [1.807, 2.05) is 30.3 Å². The van der Waals surface area contributed by atoms with Gasteiger partial charge in [0.05, 0.1) is 22.7 Å². The molecule has 0 spiro atoms. The van der Waals surface area contributed by atoms with Crippen molar-refractivity contribution in [1.29, 1.82) is 0 Å². The second kappa shape index (κ2) is 8.14. The maximum atomic E-state index is 12.6. The standard InChI is InChI=1S/C19H19ClN4O3S/c1-13-17(18(20)24(23-13)12-15-5-3-2-4-6-15)19(25)22-11-14-7-9-16(10-8-14)28(21,26)27/h2-10H,11-12H2,1H3,(H,22,25)(H2,21,26,27). The Morgan fingerprint density at radius 3 is 2.36 bits per heavy atom. The highest BCUT2D eigenvalue weighted by Crippen LogP contribution is 2.21. The van der Waals surface area contributed by atoms with Crippen molar-refractivity contribution in [2.24, 2.45) is 5.14 Å². The average Bonchev–Trinajstić information content (AvgIpc) is 2.93. The molecule has 0 bridgehead atoms. The van der Waals surface area contributed by atoms with Gasteiger partial charge < -0.3 is 5.32 Å². The minimum Gasteiger partial charge on any atom is -0.348 e. The summed E-state index contributed by atoms with van der Waals surface area (Å²) >= 11 is 6.39. The second-order valence-electron chi connectivity index (χ2n) is 6.27. The van der Waals surface area contributed by atoms with Gasteiger partial charge in [-0.1, -0.05) is 54.1 Å². The molecule has 0 aliphatic heterocycles. The third kappa shape index (κ3) is 4.59. The van der Waals surface area contributed by atoms with E-state index in [-0.39, 0.29) is 22.5 Å². The van der Waals surface area contributed by atoms with Gasteiger partial charge in [0.2, 0.25) is 10.0 Å². The molecule has 1 heterocycles. The number of sulfonamides is 1. The number of nitrogens with two attached hydrogens (primary N) is 1. The van der Waals surface area contributed by atoms with Crippen LogP contribution in [0.5, 0.6) is 0 Å². The van der Waals surface area contributed by atoms with Crippen molar-refractivity contribution in [3.05, 3.63) is 82.1 Å². The normalized spacial score (nSPS) is 11.4. The van der Waals surface area contributed by atoms with Crippen LogP contribution in [0.2, 0.25) is 5.15 Å². The van der Waals surface area contributed by atoms with Crippen LogP contribution in [0, 0.1) is 6.92 Å². The van der Waals surface area contributed by atoms with Crippen LogP contribution < -0.4 is 10.5 Å². The first-order valence-corrected chi connectivity index (χ1v) is 10.3. The Balaban J connectivity index is 1.71. The number of amides is 1. The van der Waals surface area contributed by atoms with E-state index in [0.717, 1.165) is 11.1 Å². The second-order valence-corrected chi connectivity index (χ2v) is 8.19. The molecule has 1 amide bonds. The summed E-state index contributed by atoms with van der Waals surface area (Å²) in [6, 6.07) is 15.7. The molecule has 3 N–H and O–H groups in total. The van der Waals surface area contributed by atoms with Crippen LogP contribution in [0.4, 0.5) is 0 Å². The number of carbonyl (C=O) groups is 1. The number of nitrogens with one attached hydrogen (secondary N) is 1. The summed E-state index contributed by atoms with van der Waals surface area (Å²) in [5, 5.41) is 12.5. The van der Waals surface area contributed by atoms with Crippen LogP contribution in [0.1, 0.15) is 27.2 Å². The van der Waals surface area contributed by atoms with E-state index < -0.39 is 10.0 Å². The highest BCUT2D eigenvalue weighted by Gasteiger charge is 2.20. The molecule has 3 rings (SSSR count). The SMILES string of the molecule is Cc1nn(Cc2ccccc2)c(Cl)c1C(=O)NCc1ccc(S(N)(=O)=O)cc1. The van der Waals surface area contributed by atoms with Crippen LogP contribution in [0.25, 0.3) is 0 Å². The summed E-state index contributed by atoms with van der Waals surface area (Å²) in [5.74, 6) is -0.350. The summed E-state index contributed by atoms with van der Waals surface area (Å²) in [6.45, 7) is 2.40. The number of aryl methyl sites for hydroxylation is 1. The van der Waals surface area contributed by atoms with Crippen molar-refractivity contribution in [2.75, 3.05) is 0 Å².